The van der Waals surface area contributed by atoms with E-state index in [0.29, 0.717) is 23.6 Å². The fourth-order valence-corrected chi connectivity index (χ4v) is 2.67. The molecule has 0 aliphatic rings. The number of amides is 2. The number of methoxy groups -OCH3 is 1. The minimum absolute atomic E-state index is 0.115. The van der Waals surface area contributed by atoms with Crippen molar-refractivity contribution in [3.63, 3.8) is 0 Å². The number of rotatable bonds is 8. The van der Waals surface area contributed by atoms with Crippen molar-refractivity contribution in [3.8, 4) is 17.2 Å². The normalized spacial score (nSPS) is 10.1. The first-order valence-corrected chi connectivity index (χ1v) is 9.15. The first kappa shape index (κ1) is 19.9. The van der Waals surface area contributed by atoms with Crippen molar-refractivity contribution >= 4 is 11.8 Å². The molecule has 148 valence electrons. The molecule has 0 aliphatic heterocycles. The van der Waals surface area contributed by atoms with Crippen LogP contribution >= 0.6 is 0 Å². The molecule has 29 heavy (non-hydrogen) atoms. The van der Waals surface area contributed by atoms with Crippen LogP contribution < -0.4 is 20.1 Å². The number of carbonyl (C=O) groups excluding carboxylic acids is 2. The summed E-state index contributed by atoms with van der Waals surface area (Å²) in [6.07, 6.45) is 0. The summed E-state index contributed by atoms with van der Waals surface area (Å²) in [6.45, 7) is 0.209. The van der Waals surface area contributed by atoms with E-state index < -0.39 is 0 Å². The van der Waals surface area contributed by atoms with Crippen molar-refractivity contribution < 1.29 is 19.1 Å². The molecular weight excluding hydrogens is 368 g/mol. The molecule has 6 heteroatoms. The van der Waals surface area contributed by atoms with Gasteiger partial charge in [-0.25, -0.2) is 0 Å². The van der Waals surface area contributed by atoms with Crippen LogP contribution in [0.3, 0.4) is 0 Å². The van der Waals surface area contributed by atoms with Gasteiger partial charge < -0.3 is 20.1 Å². The van der Waals surface area contributed by atoms with Gasteiger partial charge in [0, 0.05) is 17.7 Å². The van der Waals surface area contributed by atoms with Crippen molar-refractivity contribution in [3.05, 3.63) is 90.0 Å². The van der Waals surface area contributed by atoms with E-state index in [1.54, 1.807) is 31.4 Å². The standard InChI is InChI=1S/C23H22N2O4/c1-28-21-10-6-5-7-18(21)15-24-22(26)16-25-23(27)17-11-13-20(14-12-17)29-19-8-3-2-4-9-19/h2-14H,15-16H2,1H3,(H,24,26)(H,25,27). The number of para-hydroxylation sites is 2. The topological polar surface area (TPSA) is 76.7 Å². The van der Waals surface area contributed by atoms with Crippen LogP contribution in [0.1, 0.15) is 15.9 Å². The van der Waals surface area contributed by atoms with Gasteiger partial charge in [-0.15, -0.1) is 0 Å². The summed E-state index contributed by atoms with van der Waals surface area (Å²) in [6, 6.07) is 23.5. The second-order valence-electron chi connectivity index (χ2n) is 6.21. The lowest BCUT2D eigenvalue weighted by Crippen LogP contribution is -2.36. The molecule has 2 N–H and O–H groups in total. The highest BCUT2D eigenvalue weighted by Crippen LogP contribution is 2.21. The molecule has 0 saturated carbocycles. The minimum Gasteiger partial charge on any atom is -0.496 e. The largest absolute Gasteiger partial charge is 0.496 e. The molecule has 0 spiro atoms. The smallest absolute Gasteiger partial charge is 0.251 e. The Morgan fingerprint density at radius 2 is 1.45 bits per heavy atom. The van der Waals surface area contributed by atoms with E-state index in [9.17, 15) is 9.59 Å². The third-order valence-corrected chi connectivity index (χ3v) is 4.17. The molecule has 6 nitrogen and oxygen atoms in total. The first-order valence-electron chi connectivity index (χ1n) is 9.15. The Hall–Kier alpha value is -3.80. The molecule has 0 atom stereocenters. The van der Waals surface area contributed by atoms with Crippen LogP contribution in [0.4, 0.5) is 0 Å². The predicted molar refractivity (Wildman–Crippen MR) is 110 cm³/mol. The molecule has 2 amide bonds. The highest BCUT2D eigenvalue weighted by Gasteiger charge is 2.09. The van der Waals surface area contributed by atoms with Crippen LogP contribution in [0.15, 0.2) is 78.9 Å². The summed E-state index contributed by atoms with van der Waals surface area (Å²) in [5, 5.41) is 5.37. The molecule has 0 bridgehead atoms. The highest BCUT2D eigenvalue weighted by molar-refractivity contribution is 5.96. The zero-order valence-corrected chi connectivity index (χ0v) is 16.1. The van der Waals surface area contributed by atoms with Gasteiger partial charge >= 0.3 is 0 Å². The van der Waals surface area contributed by atoms with E-state index in [-0.39, 0.29) is 18.4 Å². The zero-order valence-electron chi connectivity index (χ0n) is 16.1. The molecule has 0 heterocycles. The van der Waals surface area contributed by atoms with Gasteiger partial charge in [-0.05, 0) is 42.5 Å². The Balaban J connectivity index is 1.46. The van der Waals surface area contributed by atoms with Crippen molar-refractivity contribution in [2.24, 2.45) is 0 Å². The van der Waals surface area contributed by atoms with Gasteiger partial charge in [-0.2, -0.15) is 0 Å². The van der Waals surface area contributed by atoms with Crippen LogP contribution in [-0.2, 0) is 11.3 Å². The third-order valence-electron chi connectivity index (χ3n) is 4.17. The Labute approximate surface area is 169 Å². The van der Waals surface area contributed by atoms with Crippen LogP contribution in [0.5, 0.6) is 17.2 Å². The average Bonchev–Trinajstić information content (AvgIpc) is 2.77. The summed E-state index contributed by atoms with van der Waals surface area (Å²) >= 11 is 0. The van der Waals surface area contributed by atoms with E-state index >= 15 is 0 Å². The Kier molecular flexibility index (Phi) is 6.84. The second-order valence-corrected chi connectivity index (χ2v) is 6.21. The van der Waals surface area contributed by atoms with Gasteiger partial charge in [-0.3, -0.25) is 9.59 Å². The number of benzene rings is 3. The first-order chi connectivity index (χ1) is 14.2. The van der Waals surface area contributed by atoms with Crippen molar-refractivity contribution in [1.82, 2.24) is 10.6 Å². The van der Waals surface area contributed by atoms with Crippen LogP contribution in [0, 0.1) is 0 Å². The molecular formula is C23H22N2O4. The SMILES string of the molecule is COc1ccccc1CNC(=O)CNC(=O)c1ccc(Oc2ccccc2)cc1. The van der Waals surface area contributed by atoms with Crippen molar-refractivity contribution in [2.45, 2.75) is 6.54 Å². The molecule has 0 fully saturated rings. The number of hydrogen-bond acceptors (Lipinski definition) is 4. The van der Waals surface area contributed by atoms with E-state index in [1.165, 1.54) is 0 Å². The van der Waals surface area contributed by atoms with Gasteiger partial charge in [0.1, 0.15) is 17.2 Å². The Morgan fingerprint density at radius 1 is 0.793 bits per heavy atom. The zero-order chi connectivity index (χ0) is 20.5. The second kappa shape index (κ2) is 9.94. The predicted octanol–water partition coefficient (Wildman–Crippen LogP) is 3.53. The number of ether oxygens (including phenoxy) is 2. The number of nitrogens with one attached hydrogen (secondary N) is 2. The molecule has 0 aromatic heterocycles. The highest BCUT2D eigenvalue weighted by atomic mass is 16.5. The van der Waals surface area contributed by atoms with E-state index in [1.807, 2.05) is 54.6 Å². The number of carbonyl (C=O) groups is 2. The quantitative estimate of drug-likeness (QED) is 0.617. The lowest BCUT2D eigenvalue weighted by molar-refractivity contribution is -0.120. The molecule has 0 aliphatic carbocycles. The molecule has 0 unspecified atom stereocenters. The third kappa shape index (κ3) is 5.84. The molecule has 0 radical (unpaired) electrons. The summed E-state index contributed by atoms with van der Waals surface area (Å²) < 4.78 is 10.9. The maximum atomic E-state index is 12.2. The van der Waals surface area contributed by atoms with Gasteiger partial charge in [0.15, 0.2) is 0 Å². The Bertz CT molecular complexity index is 956. The van der Waals surface area contributed by atoms with Crippen molar-refractivity contribution in [2.75, 3.05) is 13.7 Å². The maximum Gasteiger partial charge on any atom is 0.251 e. The van der Waals surface area contributed by atoms with E-state index in [2.05, 4.69) is 10.6 Å². The van der Waals surface area contributed by atoms with Crippen LogP contribution in [0.2, 0.25) is 0 Å². The van der Waals surface area contributed by atoms with E-state index in [0.717, 1.165) is 11.3 Å². The molecule has 3 aromatic rings. The average molecular weight is 390 g/mol. The van der Waals surface area contributed by atoms with Gasteiger partial charge in [0.25, 0.3) is 5.91 Å². The summed E-state index contributed by atoms with van der Waals surface area (Å²) in [4.78, 5) is 24.3. The van der Waals surface area contributed by atoms with E-state index in [4.69, 9.17) is 9.47 Å². The fourth-order valence-electron chi connectivity index (χ4n) is 2.67. The van der Waals surface area contributed by atoms with Gasteiger partial charge in [-0.1, -0.05) is 36.4 Å². The molecule has 3 aromatic carbocycles. The molecule has 3 rings (SSSR count). The number of hydrogen-bond donors (Lipinski definition) is 2. The lowest BCUT2D eigenvalue weighted by atomic mass is 10.2. The summed E-state index contributed by atoms with van der Waals surface area (Å²) in [5.41, 5.74) is 1.31. The summed E-state index contributed by atoms with van der Waals surface area (Å²) in [5.74, 6) is 1.44. The monoisotopic (exact) mass is 390 g/mol. The molecule has 0 saturated heterocycles. The lowest BCUT2D eigenvalue weighted by Gasteiger charge is -2.10. The maximum absolute atomic E-state index is 12.2. The minimum atomic E-state index is -0.330. The van der Waals surface area contributed by atoms with Gasteiger partial charge in [0.2, 0.25) is 5.91 Å². The van der Waals surface area contributed by atoms with Crippen LogP contribution in [0.25, 0.3) is 0 Å². The summed E-state index contributed by atoms with van der Waals surface area (Å²) in [7, 11) is 1.58. The van der Waals surface area contributed by atoms with Gasteiger partial charge in [0.05, 0.1) is 13.7 Å². The van der Waals surface area contributed by atoms with Crippen molar-refractivity contribution in [1.29, 1.82) is 0 Å². The Morgan fingerprint density at radius 3 is 2.17 bits per heavy atom. The van der Waals surface area contributed by atoms with Crippen LogP contribution in [-0.4, -0.2) is 25.5 Å². The fraction of sp³-hybridized carbons (Fsp3) is 0.130.